The van der Waals surface area contributed by atoms with E-state index in [1.54, 1.807) is 16.8 Å². The van der Waals surface area contributed by atoms with E-state index in [1.165, 1.54) is 18.2 Å². The zero-order chi connectivity index (χ0) is 18.3. The molecule has 0 saturated heterocycles. The molecule has 134 valence electrons. The molecule has 26 heavy (non-hydrogen) atoms. The summed E-state index contributed by atoms with van der Waals surface area (Å²) < 4.78 is 39.5. The van der Waals surface area contributed by atoms with Gasteiger partial charge in [0, 0.05) is 29.9 Å². The van der Waals surface area contributed by atoms with Crippen LogP contribution in [0.15, 0.2) is 47.4 Å². The minimum atomic E-state index is -4.38. The highest BCUT2D eigenvalue weighted by atomic mass is 19.4. The second-order valence-electron chi connectivity index (χ2n) is 6.40. The van der Waals surface area contributed by atoms with Gasteiger partial charge in [0.05, 0.1) is 5.56 Å². The minimum absolute atomic E-state index is 0.122. The monoisotopic (exact) mass is 360 g/mol. The number of hydrogen-bond acceptors (Lipinski definition) is 4. The molecule has 2 aromatic heterocycles. The molecule has 1 N–H and O–H groups in total. The molecule has 0 atom stereocenters. The average molecular weight is 360 g/mol. The maximum absolute atomic E-state index is 12.6. The van der Waals surface area contributed by atoms with Gasteiger partial charge in [0.25, 0.3) is 5.56 Å². The summed E-state index contributed by atoms with van der Waals surface area (Å²) in [6.45, 7) is 0.618. The average Bonchev–Trinajstić information content (AvgIpc) is 3.41. The maximum atomic E-state index is 12.6. The third-order valence-electron chi connectivity index (χ3n) is 4.33. The maximum Gasteiger partial charge on any atom is 0.416 e. The zero-order valence-electron chi connectivity index (χ0n) is 13.6. The Bertz CT molecular complexity index is 1010. The molecule has 0 amide bonds. The Kier molecular flexibility index (Phi) is 3.90. The molecular weight excluding hydrogens is 345 g/mol. The molecule has 0 radical (unpaired) electrons. The van der Waals surface area contributed by atoms with E-state index in [4.69, 9.17) is 0 Å². The van der Waals surface area contributed by atoms with E-state index in [0.717, 1.165) is 30.4 Å². The molecule has 0 bridgehead atoms. The summed E-state index contributed by atoms with van der Waals surface area (Å²) in [5, 5.41) is 3.62. The third-order valence-corrected chi connectivity index (χ3v) is 4.33. The minimum Gasteiger partial charge on any atom is -0.324 e. The molecule has 4 rings (SSSR count). The fraction of sp³-hybridized carbons (Fsp3) is 0.278. The Hall–Kier alpha value is -2.90. The van der Waals surface area contributed by atoms with E-state index in [9.17, 15) is 18.0 Å². The summed E-state index contributed by atoms with van der Waals surface area (Å²) in [6.07, 6.45) is -0.580. The first-order valence-electron chi connectivity index (χ1n) is 8.21. The van der Waals surface area contributed by atoms with Crippen molar-refractivity contribution in [2.75, 3.05) is 5.32 Å². The van der Waals surface area contributed by atoms with Crippen molar-refractivity contribution in [2.45, 2.75) is 25.6 Å². The molecule has 0 unspecified atom stereocenters. The van der Waals surface area contributed by atoms with E-state index in [-0.39, 0.29) is 11.5 Å². The van der Waals surface area contributed by atoms with Crippen LogP contribution >= 0.6 is 0 Å². The fourth-order valence-electron chi connectivity index (χ4n) is 2.74. The van der Waals surface area contributed by atoms with Crippen molar-refractivity contribution < 1.29 is 13.2 Å². The van der Waals surface area contributed by atoms with Crippen molar-refractivity contribution in [3.63, 3.8) is 0 Å². The number of aromatic nitrogens is 3. The molecule has 3 aromatic rings. The van der Waals surface area contributed by atoms with Gasteiger partial charge >= 0.3 is 6.18 Å². The van der Waals surface area contributed by atoms with Crippen LogP contribution in [0.2, 0.25) is 0 Å². The molecule has 1 aliphatic carbocycles. The number of fused-ring (bicyclic) bond motifs is 1. The Balaban J connectivity index is 1.65. The SMILES string of the molecule is O=c1ccc2cnc(Nc3ccc(C(F)(F)F)cc3)nc2n1CC1CC1. The Labute approximate surface area is 146 Å². The van der Waals surface area contributed by atoms with Gasteiger partial charge < -0.3 is 5.32 Å². The zero-order valence-corrected chi connectivity index (χ0v) is 13.6. The molecule has 1 saturated carbocycles. The van der Waals surface area contributed by atoms with Crippen LogP contribution in [-0.4, -0.2) is 14.5 Å². The van der Waals surface area contributed by atoms with Gasteiger partial charge in [-0.05, 0) is 49.1 Å². The lowest BCUT2D eigenvalue weighted by Gasteiger charge is -2.11. The lowest BCUT2D eigenvalue weighted by molar-refractivity contribution is -0.137. The van der Waals surface area contributed by atoms with E-state index in [2.05, 4.69) is 15.3 Å². The first kappa shape index (κ1) is 16.6. The number of anilines is 2. The molecule has 2 heterocycles. The van der Waals surface area contributed by atoms with Crippen LogP contribution < -0.4 is 10.9 Å². The lowest BCUT2D eigenvalue weighted by Crippen LogP contribution is -2.21. The van der Waals surface area contributed by atoms with Crippen LogP contribution in [0.1, 0.15) is 18.4 Å². The Morgan fingerprint density at radius 3 is 2.50 bits per heavy atom. The van der Waals surface area contributed by atoms with Crippen molar-refractivity contribution in [3.8, 4) is 0 Å². The van der Waals surface area contributed by atoms with Crippen molar-refractivity contribution in [3.05, 3.63) is 58.5 Å². The molecule has 5 nitrogen and oxygen atoms in total. The van der Waals surface area contributed by atoms with E-state index < -0.39 is 11.7 Å². The summed E-state index contributed by atoms with van der Waals surface area (Å²) in [5.74, 6) is 0.729. The van der Waals surface area contributed by atoms with Crippen molar-refractivity contribution >= 4 is 22.7 Å². The second-order valence-corrected chi connectivity index (χ2v) is 6.40. The predicted molar refractivity (Wildman–Crippen MR) is 91.2 cm³/mol. The van der Waals surface area contributed by atoms with Gasteiger partial charge in [0.1, 0.15) is 5.65 Å². The number of nitrogens with one attached hydrogen (secondary N) is 1. The van der Waals surface area contributed by atoms with Crippen molar-refractivity contribution in [1.82, 2.24) is 14.5 Å². The number of nitrogens with zero attached hydrogens (tertiary/aromatic N) is 3. The number of benzene rings is 1. The molecule has 0 spiro atoms. The van der Waals surface area contributed by atoms with Gasteiger partial charge in [-0.1, -0.05) is 0 Å². The highest BCUT2D eigenvalue weighted by Gasteiger charge is 2.30. The van der Waals surface area contributed by atoms with Crippen LogP contribution in [0.5, 0.6) is 0 Å². The Morgan fingerprint density at radius 2 is 1.85 bits per heavy atom. The van der Waals surface area contributed by atoms with E-state index >= 15 is 0 Å². The summed E-state index contributed by atoms with van der Waals surface area (Å²) in [6, 6.07) is 7.79. The first-order chi connectivity index (χ1) is 12.4. The smallest absolute Gasteiger partial charge is 0.324 e. The van der Waals surface area contributed by atoms with Crippen LogP contribution in [0.3, 0.4) is 0 Å². The normalized spacial score (nSPS) is 14.6. The van der Waals surface area contributed by atoms with Gasteiger partial charge in [0.2, 0.25) is 5.95 Å². The van der Waals surface area contributed by atoms with Crippen molar-refractivity contribution in [1.29, 1.82) is 0 Å². The fourth-order valence-corrected chi connectivity index (χ4v) is 2.74. The van der Waals surface area contributed by atoms with Crippen LogP contribution in [-0.2, 0) is 12.7 Å². The summed E-state index contributed by atoms with van der Waals surface area (Å²) in [4.78, 5) is 20.8. The highest BCUT2D eigenvalue weighted by Crippen LogP contribution is 2.31. The van der Waals surface area contributed by atoms with E-state index in [0.29, 0.717) is 23.8 Å². The van der Waals surface area contributed by atoms with Crippen LogP contribution in [0, 0.1) is 5.92 Å². The molecule has 1 aromatic carbocycles. The summed E-state index contributed by atoms with van der Waals surface area (Å²) in [5.41, 5.74) is 0.113. The van der Waals surface area contributed by atoms with Gasteiger partial charge in [0.15, 0.2) is 0 Å². The van der Waals surface area contributed by atoms with Gasteiger partial charge in [-0.3, -0.25) is 9.36 Å². The van der Waals surface area contributed by atoms with Gasteiger partial charge in [-0.2, -0.15) is 18.2 Å². The largest absolute Gasteiger partial charge is 0.416 e. The topological polar surface area (TPSA) is 59.8 Å². The first-order valence-corrected chi connectivity index (χ1v) is 8.21. The number of hydrogen-bond donors (Lipinski definition) is 1. The highest BCUT2D eigenvalue weighted by molar-refractivity contribution is 5.75. The number of pyridine rings is 1. The Morgan fingerprint density at radius 1 is 1.12 bits per heavy atom. The van der Waals surface area contributed by atoms with Gasteiger partial charge in [-0.25, -0.2) is 4.98 Å². The molecular formula is C18H15F3N4O. The molecule has 1 fully saturated rings. The summed E-state index contributed by atoms with van der Waals surface area (Å²) in [7, 11) is 0. The van der Waals surface area contributed by atoms with Gasteiger partial charge in [-0.15, -0.1) is 0 Å². The molecule has 8 heteroatoms. The summed E-state index contributed by atoms with van der Waals surface area (Å²) >= 11 is 0. The number of halogens is 3. The molecule has 1 aliphatic rings. The lowest BCUT2D eigenvalue weighted by atomic mass is 10.2. The van der Waals surface area contributed by atoms with Crippen molar-refractivity contribution in [2.24, 2.45) is 5.92 Å². The quantitative estimate of drug-likeness (QED) is 0.765. The molecule has 0 aliphatic heterocycles. The third kappa shape index (κ3) is 3.40. The standard InChI is InChI=1S/C18H15F3N4O/c19-18(20,21)13-4-6-14(7-5-13)23-17-22-9-12-3-8-15(26)25(16(12)24-17)10-11-1-2-11/h3-9,11H,1-2,10H2,(H,22,23,24). The van der Waals surface area contributed by atoms with E-state index in [1.807, 2.05) is 0 Å². The van der Waals surface area contributed by atoms with Crippen LogP contribution in [0.25, 0.3) is 11.0 Å². The number of rotatable bonds is 4. The number of alkyl halides is 3. The second kappa shape index (κ2) is 6.12. The predicted octanol–water partition coefficient (Wildman–Crippen LogP) is 3.96. The van der Waals surface area contributed by atoms with Crippen LogP contribution in [0.4, 0.5) is 24.8 Å².